The van der Waals surface area contributed by atoms with Gasteiger partial charge in [-0.1, -0.05) is 6.92 Å². The number of esters is 1. The largest absolute Gasteiger partial charge is 0.497 e. The molecule has 1 aliphatic rings. The molecule has 32 heavy (non-hydrogen) atoms. The Kier molecular flexibility index (Phi) is 9.44. The molecule has 0 unspecified atom stereocenters. The number of nitrogens with zero attached hydrogens (tertiary/aromatic N) is 1. The van der Waals surface area contributed by atoms with E-state index >= 15 is 0 Å². The molecular weight excluding hydrogens is 444 g/mol. The summed E-state index contributed by atoms with van der Waals surface area (Å²) in [5.41, 5.74) is 1.61. The minimum Gasteiger partial charge on any atom is -0.497 e. The number of anilines is 1. The smallest absolute Gasteiger partial charge is 0.341 e. The van der Waals surface area contributed by atoms with Crippen LogP contribution in [0, 0.1) is 0 Å². The Labute approximate surface area is 198 Å². The van der Waals surface area contributed by atoms with Crippen LogP contribution in [0.2, 0.25) is 0 Å². The van der Waals surface area contributed by atoms with Gasteiger partial charge in [-0.2, -0.15) is 0 Å². The molecule has 1 aromatic heterocycles. The van der Waals surface area contributed by atoms with Crippen molar-refractivity contribution in [2.24, 2.45) is 0 Å². The lowest BCUT2D eigenvalue weighted by atomic mass is 10.0. The van der Waals surface area contributed by atoms with Crippen LogP contribution in [0.15, 0.2) is 29.2 Å². The lowest BCUT2D eigenvalue weighted by Crippen LogP contribution is -2.30. The second-order valence-electron chi connectivity index (χ2n) is 7.63. The molecule has 8 heteroatoms. The van der Waals surface area contributed by atoms with Gasteiger partial charge in [0.2, 0.25) is 5.91 Å². The highest BCUT2D eigenvalue weighted by atomic mass is 32.2. The number of thiophene rings is 1. The summed E-state index contributed by atoms with van der Waals surface area (Å²) in [6.07, 6.45) is 3.08. The lowest BCUT2D eigenvalue weighted by molar-refractivity contribution is -0.116. The van der Waals surface area contributed by atoms with Crippen LogP contribution < -0.4 is 10.1 Å². The number of rotatable bonds is 11. The Bertz CT molecular complexity index is 911. The molecule has 0 saturated heterocycles. The Morgan fingerprint density at radius 2 is 2.00 bits per heavy atom. The zero-order valence-corrected chi connectivity index (χ0v) is 20.7. The average Bonchev–Trinajstić information content (AvgIpc) is 3.14. The molecular formula is C24H32N2O4S2. The van der Waals surface area contributed by atoms with E-state index in [1.165, 1.54) is 11.3 Å². The van der Waals surface area contributed by atoms with Crippen molar-refractivity contribution in [2.45, 2.75) is 51.0 Å². The van der Waals surface area contributed by atoms with E-state index in [4.69, 9.17) is 9.47 Å². The highest BCUT2D eigenvalue weighted by Gasteiger charge is 2.29. The Hall–Kier alpha value is -2.03. The molecule has 0 saturated carbocycles. The van der Waals surface area contributed by atoms with Crippen LogP contribution in [-0.4, -0.2) is 49.3 Å². The summed E-state index contributed by atoms with van der Waals surface area (Å²) in [6, 6.07) is 7.92. The molecule has 1 aliphatic heterocycles. The lowest BCUT2D eigenvalue weighted by Gasteiger charge is -2.26. The van der Waals surface area contributed by atoms with E-state index in [1.807, 2.05) is 24.3 Å². The minimum atomic E-state index is -0.334. The fourth-order valence-electron chi connectivity index (χ4n) is 3.75. The van der Waals surface area contributed by atoms with Crippen molar-refractivity contribution in [1.29, 1.82) is 0 Å². The second kappa shape index (κ2) is 12.3. The molecule has 0 aliphatic carbocycles. The quantitative estimate of drug-likeness (QED) is 0.273. The second-order valence-corrected chi connectivity index (χ2v) is 9.90. The number of hydrogen-bond acceptors (Lipinski definition) is 7. The number of fused-ring (bicyclic) bond motifs is 1. The number of carbonyl (C=O) groups excluding carboxylic acids is 2. The van der Waals surface area contributed by atoms with Crippen LogP contribution in [0.5, 0.6) is 5.75 Å². The third kappa shape index (κ3) is 6.49. The van der Waals surface area contributed by atoms with Crippen LogP contribution in [0.3, 0.4) is 0 Å². The first-order chi connectivity index (χ1) is 15.5. The molecule has 0 fully saturated rings. The first-order valence-corrected chi connectivity index (χ1v) is 13.0. The van der Waals surface area contributed by atoms with Crippen molar-refractivity contribution in [1.82, 2.24) is 4.90 Å². The van der Waals surface area contributed by atoms with Gasteiger partial charge in [-0.3, -0.25) is 9.69 Å². The third-order valence-electron chi connectivity index (χ3n) is 5.28. The van der Waals surface area contributed by atoms with E-state index < -0.39 is 0 Å². The van der Waals surface area contributed by atoms with E-state index in [1.54, 1.807) is 25.8 Å². The number of benzene rings is 1. The number of ether oxygens (including phenoxy) is 2. The van der Waals surface area contributed by atoms with Crippen LogP contribution in [0.4, 0.5) is 5.00 Å². The van der Waals surface area contributed by atoms with E-state index in [-0.39, 0.29) is 11.9 Å². The number of methoxy groups -OCH3 is 1. The zero-order chi connectivity index (χ0) is 22.9. The molecule has 174 valence electrons. The van der Waals surface area contributed by atoms with Crippen molar-refractivity contribution in [3.05, 3.63) is 40.3 Å². The SMILES string of the molecule is CCCN1CCc2c(sc(NC(=O)CCCSc3ccc(OC)cc3)c2C(=O)OCC)C1. The topological polar surface area (TPSA) is 67.9 Å². The average molecular weight is 477 g/mol. The van der Waals surface area contributed by atoms with Gasteiger partial charge in [0.25, 0.3) is 0 Å². The third-order valence-corrected chi connectivity index (χ3v) is 7.52. The summed E-state index contributed by atoms with van der Waals surface area (Å²) in [5.74, 6) is 1.29. The molecule has 6 nitrogen and oxygen atoms in total. The number of carbonyl (C=O) groups is 2. The standard InChI is InChI=1S/C24H32N2O4S2/c1-4-13-26-14-12-19-20(16-26)32-23(22(19)24(28)30-5-2)25-21(27)7-6-15-31-18-10-8-17(29-3)9-11-18/h8-11H,4-7,12-16H2,1-3H3,(H,25,27). The maximum Gasteiger partial charge on any atom is 0.341 e. The van der Waals surface area contributed by atoms with Gasteiger partial charge in [0.15, 0.2) is 0 Å². The normalized spacial score (nSPS) is 13.5. The van der Waals surface area contributed by atoms with Gasteiger partial charge in [0.1, 0.15) is 10.8 Å². The molecule has 3 rings (SSSR count). The number of amides is 1. The summed E-state index contributed by atoms with van der Waals surface area (Å²) < 4.78 is 10.5. The Morgan fingerprint density at radius 3 is 2.69 bits per heavy atom. The summed E-state index contributed by atoms with van der Waals surface area (Å²) in [5, 5.41) is 3.64. The molecule has 0 radical (unpaired) electrons. The molecule has 1 amide bonds. The van der Waals surface area contributed by atoms with Crippen LogP contribution in [-0.2, 0) is 22.5 Å². The maximum atomic E-state index is 12.7. The van der Waals surface area contributed by atoms with E-state index in [2.05, 4.69) is 17.1 Å². The first kappa shape index (κ1) is 24.6. The van der Waals surface area contributed by atoms with Gasteiger partial charge in [-0.05, 0) is 68.3 Å². The minimum absolute atomic E-state index is 0.0603. The van der Waals surface area contributed by atoms with Gasteiger partial charge in [-0.25, -0.2) is 4.79 Å². The van der Waals surface area contributed by atoms with Crippen molar-refractivity contribution in [3.8, 4) is 5.75 Å². The predicted octanol–water partition coefficient (Wildman–Crippen LogP) is 5.21. The van der Waals surface area contributed by atoms with Gasteiger partial charge in [0, 0.05) is 29.3 Å². The van der Waals surface area contributed by atoms with Crippen molar-refractivity contribution in [2.75, 3.05) is 37.9 Å². The van der Waals surface area contributed by atoms with Crippen LogP contribution in [0.1, 0.15) is 53.9 Å². The van der Waals surface area contributed by atoms with E-state index in [0.717, 1.165) is 65.7 Å². The summed E-state index contributed by atoms with van der Waals surface area (Å²) >= 11 is 3.24. The van der Waals surface area contributed by atoms with Gasteiger partial charge < -0.3 is 14.8 Å². The molecule has 1 aromatic carbocycles. The van der Waals surface area contributed by atoms with E-state index in [9.17, 15) is 9.59 Å². The van der Waals surface area contributed by atoms with E-state index in [0.29, 0.717) is 23.6 Å². The highest BCUT2D eigenvalue weighted by Crippen LogP contribution is 2.38. The Morgan fingerprint density at radius 1 is 1.22 bits per heavy atom. The first-order valence-electron chi connectivity index (χ1n) is 11.2. The molecule has 0 spiro atoms. The monoisotopic (exact) mass is 476 g/mol. The highest BCUT2D eigenvalue weighted by molar-refractivity contribution is 7.99. The maximum absolute atomic E-state index is 12.7. The summed E-state index contributed by atoms with van der Waals surface area (Å²) in [4.78, 5) is 30.0. The zero-order valence-electron chi connectivity index (χ0n) is 19.1. The van der Waals surface area contributed by atoms with Crippen molar-refractivity contribution >= 4 is 40.0 Å². The molecule has 0 bridgehead atoms. The number of thioether (sulfide) groups is 1. The van der Waals surface area contributed by atoms with Gasteiger partial charge >= 0.3 is 5.97 Å². The van der Waals surface area contributed by atoms with Crippen molar-refractivity contribution < 1.29 is 19.1 Å². The molecule has 0 atom stereocenters. The molecule has 2 aromatic rings. The fourth-order valence-corrected chi connectivity index (χ4v) is 5.90. The van der Waals surface area contributed by atoms with Crippen LogP contribution in [0.25, 0.3) is 0 Å². The molecule has 1 N–H and O–H groups in total. The van der Waals surface area contributed by atoms with Gasteiger partial charge in [0.05, 0.1) is 19.3 Å². The summed E-state index contributed by atoms with van der Waals surface area (Å²) in [6.45, 7) is 7.10. The fraction of sp³-hybridized carbons (Fsp3) is 0.500. The Balaban J connectivity index is 1.58. The number of nitrogens with one attached hydrogen (secondary N) is 1. The molecule has 2 heterocycles. The summed E-state index contributed by atoms with van der Waals surface area (Å²) in [7, 11) is 1.65. The van der Waals surface area contributed by atoms with Crippen LogP contribution >= 0.6 is 23.1 Å². The predicted molar refractivity (Wildman–Crippen MR) is 131 cm³/mol. The number of hydrogen-bond donors (Lipinski definition) is 1. The van der Waals surface area contributed by atoms with Gasteiger partial charge in [-0.15, -0.1) is 23.1 Å². The van der Waals surface area contributed by atoms with Crippen molar-refractivity contribution in [3.63, 3.8) is 0 Å².